The number of ether oxygens (including phenoxy) is 1. The van der Waals surface area contributed by atoms with Crippen molar-refractivity contribution in [2.24, 2.45) is 11.8 Å². The number of aliphatic hydroxyl groups is 3. The zero-order valence-electron chi connectivity index (χ0n) is 19.1. The molecule has 8 nitrogen and oxygen atoms in total. The van der Waals surface area contributed by atoms with Crippen LogP contribution in [-0.2, 0) is 16.0 Å². The third kappa shape index (κ3) is 6.21. The molecule has 2 aliphatic rings. The summed E-state index contributed by atoms with van der Waals surface area (Å²) in [5.41, 5.74) is 0.618. The third-order valence-electron chi connectivity index (χ3n) is 6.59. The number of hydrogen-bond donors (Lipinski definition) is 5. The summed E-state index contributed by atoms with van der Waals surface area (Å²) < 4.78 is 5.90. The minimum Gasteiger partial charge on any atom is -0.388 e. The van der Waals surface area contributed by atoms with Crippen molar-refractivity contribution in [3.63, 3.8) is 0 Å². The summed E-state index contributed by atoms with van der Waals surface area (Å²) >= 11 is 1.27. The van der Waals surface area contributed by atoms with E-state index in [1.807, 2.05) is 38.4 Å². The number of nitrogens with zero attached hydrogens (tertiary/aromatic N) is 1. The molecule has 0 spiro atoms. The van der Waals surface area contributed by atoms with E-state index in [1.54, 1.807) is 6.26 Å². The van der Waals surface area contributed by atoms with Gasteiger partial charge >= 0.3 is 0 Å². The Hall–Kier alpha value is -1.23. The molecule has 1 aromatic rings. The van der Waals surface area contributed by atoms with Crippen molar-refractivity contribution in [2.75, 3.05) is 12.8 Å². The van der Waals surface area contributed by atoms with Gasteiger partial charge in [0, 0.05) is 12.4 Å². The minimum atomic E-state index is -1.32. The molecule has 0 aromatic carbocycles. The van der Waals surface area contributed by atoms with E-state index in [2.05, 4.69) is 15.6 Å². The number of pyridine rings is 1. The molecule has 5 N–H and O–H groups in total. The molecule has 2 aliphatic heterocycles. The second-order valence-electron chi connectivity index (χ2n) is 9.27. The molecule has 8 atom stereocenters. The fraction of sp³-hybridized carbons (Fsp3) is 0.739. The summed E-state index contributed by atoms with van der Waals surface area (Å²) in [6, 6.07) is 3.31. The standard InChI is InChI=1S/C23H37N3O5S/c1-13(2)17(21-19(28)18(27)20(29)23(31-21)32-3)26-22(30)16-11-15(12-25-16)6-4-5-14-7-9-24-10-8-14/h7-10,13,15-21,23,25,27-29H,4-6,11-12H2,1-3H3,(H,26,30)/t15-,16+,17-,18+,19-,20-,21?,23-/m1/s1. The lowest BCUT2D eigenvalue weighted by Gasteiger charge is -2.44. The Balaban J connectivity index is 1.52. The highest BCUT2D eigenvalue weighted by Gasteiger charge is 2.47. The maximum Gasteiger partial charge on any atom is 0.237 e. The third-order valence-corrected chi connectivity index (χ3v) is 7.44. The number of nitrogens with one attached hydrogen (secondary N) is 2. The predicted molar refractivity (Wildman–Crippen MR) is 124 cm³/mol. The molecule has 1 aromatic heterocycles. The molecular weight excluding hydrogens is 430 g/mol. The van der Waals surface area contributed by atoms with Gasteiger partial charge in [-0.2, -0.15) is 0 Å². The van der Waals surface area contributed by atoms with Crippen LogP contribution < -0.4 is 10.6 Å². The fourth-order valence-corrected chi connectivity index (χ4v) is 5.31. The van der Waals surface area contributed by atoms with Crippen LogP contribution in [0.15, 0.2) is 24.5 Å². The van der Waals surface area contributed by atoms with Crippen LogP contribution in [0, 0.1) is 11.8 Å². The van der Waals surface area contributed by atoms with E-state index < -0.39 is 35.9 Å². The van der Waals surface area contributed by atoms with E-state index in [0.29, 0.717) is 5.92 Å². The minimum absolute atomic E-state index is 0.0267. The number of amides is 1. The van der Waals surface area contributed by atoms with Gasteiger partial charge in [0.05, 0.1) is 12.1 Å². The van der Waals surface area contributed by atoms with Gasteiger partial charge < -0.3 is 30.7 Å². The summed E-state index contributed by atoms with van der Waals surface area (Å²) in [7, 11) is 0. The van der Waals surface area contributed by atoms with E-state index in [9.17, 15) is 20.1 Å². The van der Waals surface area contributed by atoms with E-state index in [0.717, 1.165) is 32.2 Å². The fourth-order valence-electron chi connectivity index (χ4n) is 4.63. The first-order valence-electron chi connectivity index (χ1n) is 11.5. The summed E-state index contributed by atoms with van der Waals surface area (Å²) in [5, 5.41) is 37.3. The molecule has 9 heteroatoms. The summed E-state index contributed by atoms with van der Waals surface area (Å²) in [6.45, 7) is 4.69. The molecule has 0 radical (unpaired) electrons. The SMILES string of the molecule is CS[C@H]1OC([C@H](NC(=O)[C@@H]2C[C@@H](CCCc3ccncc3)CN2)C(C)C)[C@H](O)[C@H](O)[C@H]1O. The highest BCUT2D eigenvalue weighted by Crippen LogP contribution is 2.30. The van der Waals surface area contributed by atoms with Crippen molar-refractivity contribution in [3.8, 4) is 0 Å². The van der Waals surface area contributed by atoms with Crippen LogP contribution in [-0.4, -0.2) is 80.9 Å². The topological polar surface area (TPSA) is 124 Å². The molecule has 2 saturated heterocycles. The van der Waals surface area contributed by atoms with Crippen LogP contribution in [0.1, 0.15) is 38.7 Å². The molecule has 32 heavy (non-hydrogen) atoms. The average Bonchev–Trinajstić information content (AvgIpc) is 3.26. The van der Waals surface area contributed by atoms with Gasteiger partial charge in [-0.1, -0.05) is 13.8 Å². The molecule has 3 heterocycles. The number of aryl methyl sites for hydroxylation is 1. The van der Waals surface area contributed by atoms with Gasteiger partial charge in [0.1, 0.15) is 29.9 Å². The zero-order valence-corrected chi connectivity index (χ0v) is 19.9. The number of rotatable bonds is 9. The Morgan fingerprint density at radius 3 is 2.62 bits per heavy atom. The van der Waals surface area contributed by atoms with Crippen LogP contribution in [0.5, 0.6) is 0 Å². The van der Waals surface area contributed by atoms with Gasteiger partial charge in [-0.05, 0) is 68.0 Å². The van der Waals surface area contributed by atoms with Crippen molar-refractivity contribution < 1.29 is 24.9 Å². The van der Waals surface area contributed by atoms with E-state index >= 15 is 0 Å². The van der Waals surface area contributed by atoms with Crippen molar-refractivity contribution in [1.29, 1.82) is 0 Å². The number of thioether (sulfide) groups is 1. The second-order valence-corrected chi connectivity index (χ2v) is 10.2. The lowest BCUT2D eigenvalue weighted by Crippen LogP contribution is -2.64. The first-order chi connectivity index (χ1) is 15.3. The number of aromatic nitrogens is 1. The predicted octanol–water partition coefficient (Wildman–Crippen LogP) is 0.694. The van der Waals surface area contributed by atoms with Gasteiger partial charge in [0.15, 0.2) is 0 Å². The first-order valence-corrected chi connectivity index (χ1v) is 12.8. The van der Waals surface area contributed by atoms with E-state index in [1.165, 1.54) is 17.3 Å². The molecule has 0 bridgehead atoms. The number of aliphatic hydroxyl groups excluding tert-OH is 3. The molecule has 180 valence electrons. The maximum absolute atomic E-state index is 13.0. The van der Waals surface area contributed by atoms with Gasteiger partial charge in [0.25, 0.3) is 0 Å². The van der Waals surface area contributed by atoms with Crippen molar-refractivity contribution >= 4 is 17.7 Å². The molecule has 0 saturated carbocycles. The number of hydrogen-bond acceptors (Lipinski definition) is 8. The summed E-state index contributed by atoms with van der Waals surface area (Å²) in [5.74, 6) is 0.304. The Morgan fingerprint density at radius 2 is 1.97 bits per heavy atom. The summed E-state index contributed by atoms with van der Waals surface area (Å²) in [6.07, 6.45) is 4.72. The second kappa shape index (κ2) is 11.8. The van der Waals surface area contributed by atoms with Crippen LogP contribution in [0.4, 0.5) is 0 Å². The Kier molecular flexibility index (Phi) is 9.33. The van der Waals surface area contributed by atoms with Crippen molar-refractivity contribution in [1.82, 2.24) is 15.6 Å². The lowest BCUT2D eigenvalue weighted by atomic mass is 9.88. The molecule has 1 amide bonds. The Bertz CT molecular complexity index is 723. The maximum atomic E-state index is 13.0. The molecule has 0 aliphatic carbocycles. The Labute approximate surface area is 194 Å². The smallest absolute Gasteiger partial charge is 0.237 e. The lowest BCUT2D eigenvalue weighted by molar-refractivity contribution is -0.208. The van der Waals surface area contributed by atoms with Crippen LogP contribution in [0.2, 0.25) is 0 Å². The quantitative estimate of drug-likeness (QED) is 0.359. The van der Waals surface area contributed by atoms with Crippen LogP contribution in [0.25, 0.3) is 0 Å². The average molecular weight is 468 g/mol. The van der Waals surface area contributed by atoms with E-state index in [4.69, 9.17) is 4.74 Å². The number of carbonyl (C=O) groups excluding carboxylic acids is 1. The van der Waals surface area contributed by atoms with Gasteiger partial charge in [0.2, 0.25) is 5.91 Å². The zero-order chi connectivity index (χ0) is 23.3. The van der Waals surface area contributed by atoms with Crippen molar-refractivity contribution in [2.45, 2.75) is 81.5 Å². The Morgan fingerprint density at radius 1 is 1.25 bits per heavy atom. The first kappa shape index (κ1) is 25.4. The van der Waals surface area contributed by atoms with Crippen LogP contribution >= 0.6 is 11.8 Å². The molecular formula is C23H37N3O5S. The molecule has 3 rings (SSSR count). The largest absolute Gasteiger partial charge is 0.388 e. The highest BCUT2D eigenvalue weighted by atomic mass is 32.2. The monoisotopic (exact) mass is 467 g/mol. The van der Waals surface area contributed by atoms with E-state index in [-0.39, 0.29) is 17.9 Å². The molecule has 2 fully saturated rings. The highest BCUT2D eigenvalue weighted by molar-refractivity contribution is 7.99. The summed E-state index contributed by atoms with van der Waals surface area (Å²) in [4.78, 5) is 17.1. The molecule has 1 unspecified atom stereocenters. The van der Waals surface area contributed by atoms with Gasteiger partial charge in [-0.15, -0.1) is 11.8 Å². The number of carbonyl (C=O) groups is 1. The van der Waals surface area contributed by atoms with Crippen LogP contribution in [0.3, 0.4) is 0 Å². The van der Waals surface area contributed by atoms with Gasteiger partial charge in [-0.25, -0.2) is 0 Å². The van der Waals surface area contributed by atoms with Gasteiger partial charge in [-0.3, -0.25) is 9.78 Å². The van der Waals surface area contributed by atoms with Crippen molar-refractivity contribution in [3.05, 3.63) is 30.1 Å². The normalized spacial score (nSPS) is 33.9.